The number of thiophene rings is 1. The highest BCUT2D eigenvalue weighted by Crippen LogP contribution is 2.38. The molecule has 0 aliphatic carbocycles. The quantitative estimate of drug-likeness (QED) is 0.877. The fourth-order valence-electron chi connectivity index (χ4n) is 2.74. The minimum Gasteiger partial charge on any atom is -0.378 e. The van der Waals surface area contributed by atoms with Gasteiger partial charge in [-0.05, 0) is 44.3 Å². The van der Waals surface area contributed by atoms with Crippen LogP contribution in [0.1, 0.15) is 10.4 Å². The first-order valence-electron chi connectivity index (χ1n) is 7.71. The van der Waals surface area contributed by atoms with Gasteiger partial charge < -0.3 is 10.2 Å². The van der Waals surface area contributed by atoms with Gasteiger partial charge in [-0.3, -0.25) is 0 Å². The monoisotopic (exact) mass is 328 g/mol. The summed E-state index contributed by atoms with van der Waals surface area (Å²) in [6.45, 7) is 5.52. The summed E-state index contributed by atoms with van der Waals surface area (Å²) in [5.74, 6) is -0.149. The van der Waals surface area contributed by atoms with Gasteiger partial charge in [0.1, 0.15) is 5.83 Å². The van der Waals surface area contributed by atoms with E-state index in [4.69, 9.17) is 0 Å². The van der Waals surface area contributed by atoms with Crippen molar-refractivity contribution in [3.63, 3.8) is 0 Å². The Balaban J connectivity index is 2.03. The van der Waals surface area contributed by atoms with E-state index in [-0.39, 0.29) is 12.4 Å². The van der Waals surface area contributed by atoms with E-state index in [0.717, 1.165) is 24.2 Å². The van der Waals surface area contributed by atoms with Crippen molar-refractivity contribution < 1.29 is 4.39 Å². The van der Waals surface area contributed by atoms with Gasteiger partial charge >= 0.3 is 0 Å². The molecule has 1 aromatic carbocycles. The van der Waals surface area contributed by atoms with E-state index in [1.54, 1.807) is 6.08 Å². The molecule has 3 rings (SSSR count). The molecule has 1 aliphatic heterocycles. The molecule has 2 heterocycles. The maximum atomic E-state index is 13.2. The van der Waals surface area contributed by atoms with E-state index in [9.17, 15) is 4.39 Å². The summed E-state index contributed by atoms with van der Waals surface area (Å²) in [5, 5.41) is 4.36. The molecule has 0 bridgehead atoms. The molecule has 0 atom stereocenters. The topological polar surface area (TPSA) is 15.3 Å². The number of allylic oxidation sites excluding steroid dienone is 3. The molecule has 1 N–H and O–H groups in total. The van der Waals surface area contributed by atoms with E-state index in [0.29, 0.717) is 0 Å². The zero-order valence-electron chi connectivity index (χ0n) is 13.5. The molecule has 2 aromatic rings. The molecular formula is C19H21FN2S. The van der Waals surface area contributed by atoms with Crippen molar-refractivity contribution in [2.45, 2.75) is 6.42 Å². The van der Waals surface area contributed by atoms with Gasteiger partial charge in [0.25, 0.3) is 0 Å². The Morgan fingerprint density at radius 3 is 2.78 bits per heavy atom. The minimum absolute atomic E-state index is 0.149. The lowest BCUT2D eigenvalue weighted by atomic mass is 9.98. The van der Waals surface area contributed by atoms with Crippen LogP contribution < -0.4 is 5.32 Å². The second kappa shape index (κ2) is 6.69. The first-order valence-corrected chi connectivity index (χ1v) is 8.53. The summed E-state index contributed by atoms with van der Waals surface area (Å²) in [4.78, 5) is 3.52. The summed E-state index contributed by atoms with van der Waals surface area (Å²) >= 11 is 1.83. The Morgan fingerprint density at radius 2 is 2.09 bits per heavy atom. The van der Waals surface area contributed by atoms with Gasteiger partial charge in [0, 0.05) is 32.8 Å². The largest absolute Gasteiger partial charge is 0.378 e. The number of benzene rings is 1. The number of likely N-dealkylation sites (N-methyl/N-ethyl adjacent to an activating group) is 1. The predicted molar refractivity (Wildman–Crippen MR) is 98.4 cm³/mol. The van der Waals surface area contributed by atoms with Crippen molar-refractivity contribution in [2.75, 3.05) is 27.2 Å². The van der Waals surface area contributed by atoms with Gasteiger partial charge in [0.15, 0.2) is 0 Å². The third-order valence-corrected chi connectivity index (χ3v) is 5.19. The summed E-state index contributed by atoms with van der Waals surface area (Å²) in [7, 11) is 4.17. The maximum absolute atomic E-state index is 13.2. The lowest BCUT2D eigenvalue weighted by Gasteiger charge is -2.17. The molecule has 0 saturated heterocycles. The predicted octanol–water partition coefficient (Wildman–Crippen LogP) is 4.36. The smallest absolute Gasteiger partial charge is 0.119 e. The van der Waals surface area contributed by atoms with Crippen LogP contribution in [-0.4, -0.2) is 32.1 Å². The minimum atomic E-state index is -0.149. The van der Waals surface area contributed by atoms with Crippen molar-refractivity contribution in [1.29, 1.82) is 0 Å². The Kier molecular flexibility index (Phi) is 4.64. The first-order chi connectivity index (χ1) is 11.1. The van der Waals surface area contributed by atoms with Gasteiger partial charge in [-0.15, -0.1) is 11.3 Å². The summed E-state index contributed by atoms with van der Waals surface area (Å²) in [6.07, 6.45) is 4.28. The standard InChI is InChI=1S/C19H21FN2S/c1-13(16-9-8-14(20)12-21-16)19-15-6-4-5-7-17(15)23-18(19)10-11-22(2)3/h4-9,21H,1,10-12H2,2-3H3. The fraction of sp³-hybridized carbons (Fsp3) is 0.263. The van der Waals surface area contributed by atoms with Crippen LogP contribution in [0.2, 0.25) is 0 Å². The number of rotatable bonds is 5. The molecule has 0 radical (unpaired) electrons. The molecule has 23 heavy (non-hydrogen) atoms. The molecule has 120 valence electrons. The molecule has 0 spiro atoms. The normalized spacial score (nSPS) is 14.6. The van der Waals surface area contributed by atoms with Crippen molar-refractivity contribution in [2.24, 2.45) is 0 Å². The fourth-order valence-corrected chi connectivity index (χ4v) is 3.96. The van der Waals surface area contributed by atoms with Gasteiger partial charge in [0.2, 0.25) is 0 Å². The third kappa shape index (κ3) is 3.38. The summed E-state index contributed by atoms with van der Waals surface area (Å²) in [5.41, 5.74) is 3.04. The number of hydrogen-bond acceptors (Lipinski definition) is 3. The number of nitrogens with zero attached hydrogens (tertiary/aromatic N) is 1. The van der Waals surface area contributed by atoms with Crippen molar-refractivity contribution in [3.05, 3.63) is 65.0 Å². The molecule has 1 aliphatic rings. The average Bonchev–Trinajstić information content (AvgIpc) is 2.91. The maximum Gasteiger partial charge on any atom is 0.119 e. The van der Waals surface area contributed by atoms with E-state index in [1.165, 1.54) is 26.6 Å². The van der Waals surface area contributed by atoms with E-state index >= 15 is 0 Å². The molecule has 0 saturated carbocycles. The number of fused-ring (bicyclic) bond motifs is 1. The lowest BCUT2D eigenvalue weighted by Crippen LogP contribution is -2.19. The third-order valence-electron chi connectivity index (χ3n) is 3.96. The summed E-state index contributed by atoms with van der Waals surface area (Å²) in [6, 6.07) is 8.42. The highest BCUT2D eigenvalue weighted by Gasteiger charge is 2.18. The number of nitrogens with one attached hydrogen (secondary N) is 1. The zero-order chi connectivity index (χ0) is 16.4. The number of hydrogen-bond donors (Lipinski definition) is 1. The van der Waals surface area contributed by atoms with Crippen LogP contribution >= 0.6 is 11.3 Å². The second-order valence-electron chi connectivity index (χ2n) is 5.98. The van der Waals surface area contributed by atoms with Crippen LogP contribution in [0.4, 0.5) is 4.39 Å². The Labute approximate surface area is 140 Å². The van der Waals surface area contributed by atoms with E-state index < -0.39 is 0 Å². The number of dihydropyridines is 1. The van der Waals surface area contributed by atoms with Crippen molar-refractivity contribution in [1.82, 2.24) is 10.2 Å². The highest BCUT2D eigenvalue weighted by molar-refractivity contribution is 7.19. The van der Waals surface area contributed by atoms with Crippen LogP contribution in [0.25, 0.3) is 15.7 Å². The van der Waals surface area contributed by atoms with Gasteiger partial charge in [-0.2, -0.15) is 0 Å². The molecular weight excluding hydrogens is 307 g/mol. The van der Waals surface area contributed by atoms with Crippen LogP contribution in [0.15, 0.2) is 54.5 Å². The second-order valence-corrected chi connectivity index (χ2v) is 7.11. The van der Waals surface area contributed by atoms with Crippen LogP contribution in [0.5, 0.6) is 0 Å². The van der Waals surface area contributed by atoms with E-state index in [2.05, 4.69) is 55.2 Å². The molecule has 4 heteroatoms. The SMILES string of the molecule is C=C(C1=CC=C(F)CN1)c1c(CCN(C)C)sc2ccccc12. The van der Waals surface area contributed by atoms with Crippen molar-refractivity contribution in [3.8, 4) is 0 Å². The molecule has 2 nitrogen and oxygen atoms in total. The highest BCUT2D eigenvalue weighted by atomic mass is 32.1. The number of halogens is 1. The lowest BCUT2D eigenvalue weighted by molar-refractivity contribution is 0.415. The average molecular weight is 328 g/mol. The summed E-state index contributed by atoms with van der Waals surface area (Å²) < 4.78 is 14.5. The Hall–Kier alpha value is -1.91. The Bertz CT molecular complexity index is 799. The molecule has 0 unspecified atom stereocenters. The van der Waals surface area contributed by atoms with Crippen molar-refractivity contribution >= 4 is 27.0 Å². The molecule has 0 fully saturated rings. The molecule has 0 amide bonds. The molecule has 1 aromatic heterocycles. The zero-order valence-corrected chi connectivity index (χ0v) is 14.3. The van der Waals surface area contributed by atoms with Crippen LogP contribution in [-0.2, 0) is 6.42 Å². The van der Waals surface area contributed by atoms with Crippen LogP contribution in [0, 0.1) is 0 Å². The van der Waals surface area contributed by atoms with Crippen LogP contribution in [0.3, 0.4) is 0 Å². The Morgan fingerprint density at radius 1 is 1.30 bits per heavy atom. The first kappa shape index (κ1) is 16.0. The van der Waals surface area contributed by atoms with Gasteiger partial charge in [-0.1, -0.05) is 24.8 Å². The van der Waals surface area contributed by atoms with Gasteiger partial charge in [-0.25, -0.2) is 4.39 Å². The van der Waals surface area contributed by atoms with E-state index in [1.807, 2.05) is 11.3 Å². The van der Waals surface area contributed by atoms with Gasteiger partial charge in [0.05, 0.1) is 6.54 Å².